The van der Waals surface area contributed by atoms with E-state index in [-0.39, 0.29) is 30.8 Å². The van der Waals surface area contributed by atoms with Gasteiger partial charge < -0.3 is 20.7 Å². The van der Waals surface area contributed by atoms with Crippen LogP contribution in [0.1, 0.15) is 26.7 Å². The predicted octanol–water partition coefficient (Wildman–Crippen LogP) is 0.148. The molecule has 0 bridgehead atoms. The molecule has 0 aromatic rings. The number of amides is 2. The molecule has 3 N–H and O–H groups in total. The van der Waals surface area contributed by atoms with Crippen LogP contribution < -0.4 is 11.1 Å². The molecule has 1 fully saturated rings. The molecule has 0 unspecified atom stereocenters. The highest BCUT2D eigenvalue weighted by atomic mass is 35.5. The van der Waals surface area contributed by atoms with E-state index in [1.165, 1.54) is 0 Å². The van der Waals surface area contributed by atoms with Crippen LogP contribution in [0.5, 0.6) is 0 Å². The van der Waals surface area contributed by atoms with E-state index in [0.717, 1.165) is 0 Å². The number of carbonyl (C=O) groups excluding carboxylic acids is 2. The number of nitrogens with two attached hydrogens (primary N) is 1. The Morgan fingerprint density at radius 3 is 2.35 bits per heavy atom. The molecular weight excluding hydrogens is 282 g/mol. The lowest BCUT2D eigenvalue weighted by molar-refractivity contribution is -0.149. The lowest BCUT2D eigenvalue weighted by Crippen LogP contribution is -2.52. The zero-order valence-electron chi connectivity index (χ0n) is 12.3. The first-order valence-electron chi connectivity index (χ1n) is 6.93. The van der Waals surface area contributed by atoms with Crippen molar-refractivity contribution in [1.29, 1.82) is 0 Å². The van der Waals surface area contributed by atoms with Crippen molar-refractivity contribution in [1.82, 2.24) is 10.2 Å². The summed E-state index contributed by atoms with van der Waals surface area (Å²) in [4.78, 5) is 25.9. The molecular formula is C13H26ClN3O3. The van der Waals surface area contributed by atoms with Crippen LogP contribution in [-0.2, 0) is 14.3 Å². The summed E-state index contributed by atoms with van der Waals surface area (Å²) in [7, 11) is 0. The Morgan fingerprint density at radius 1 is 1.30 bits per heavy atom. The minimum Gasteiger partial charge on any atom is -0.381 e. The van der Waals surface area contributed by atoms with Gasteiger partial charge in [-0.05, 0) is 26.7 Å². The number of carbonyl (C=O) groups is 2. The number of nitrogens with zero attached hydrogens (tertiary/aromatic N) is 1. The summed E-state index contributed by atoms with van der Waals surface area (Å²) >= 11 is 0. The minimum atomic E-state index is -0.555. The molecule has 7 heteroatoms. The maximum Gasteiger partial charge on any atom is 0.239 e. The van der Waals surface area contributed by atoms with E-state index in [9.17, 15) is 9.59 Å². The average molecular weight is 308 g/mol. The smallest absolute Gasteiger partial charge is 0.239 e. The van der Waals surface area contributed by atoms with Gasteiger partial charge in [0.25, 0.3) is 0 Å². The monoisotopic (exact) mass is 307 g/mol. The Labute approximate surface area is 126 Å². The van der Waals surface area contributed by atoms with Gasteiger partial charge >= 0.3 is 0 Å². The molecule has 6 nitrogen and oxygen atoms in total. The second-order valence-electron chi connectivity index (χ2n) is 4.87. The standard InChI is InChI=1S/C13H25N3O3.ClH/c1-3-15-11(17)9-16(4-2)12(18)13(10-14)5-7-19-8-6-13;/h3-10,14H2,1-2H3,(H,15,17);1H. The van der Waals surface area contributed by atoms with Gasteiger partial charge in [0, 0.05) is 32.8 Å². The molecule has 0 aliphatic carbocycles. The Morgan fingerprint density at radius 2 is 1.90 bits per heavy atom. The third-order valence-electron chi connectivity index (χ3n) is 3.67. The largest absolute Gasteiger partial charge is 0.381 e. The number of ether oxygens (including phenoxy) is 1. The Balaban J connectivity index is 0.00000361. The van der Waals surface area contributed by atoms with Crippen molar-refractivity contribution in [2.24, 2.45) is 11.1 Å². The summed E-state index contributed by atoms with van der Waals surface area (Å²) in [5.41, 5.74) is 5.26. The van der Waals surface area contributed by atoms with Crippen molar-refractivity contribution in [2.45, 2.75) is 26.7 Å². The van der Waals surface area contributed by atoms with Crippen LogP contribution >= 0.6 is 12.4 Å². The fraction of sp³-hybridized carbons (Fsp3) is 0.846. The number of rotatable bonds is 6. The van der Waals surface area contributed by atoms with Gasteiger partial charge in [0.2, 0.25) is 11.8 Å². The second-order valence-corrected chi connectivity index (χ2v) is 4.87. The van der Waals surface area contributed by atoms with E-state index in [0.29, 0.717) is 45.7 Å². The van der Waals surface area contributed by atoms with E-state index in [2.05, 4.69) is 5.32 Å². The highest BCUT2D eigenvalue weighted by molar-refractivity contribution is 5.88. The molecule has 1 aliphatic rings. The van der Waals surface area contributed by atoms with E-state index in [4.69, 9.17) is 10.5 Å². The maximum absolute atomic E-state index is 12.6. The first kappa shape index (κ1) is 19.1. The van der Waals surface area contributed by atoms with Crippen molar-refractivity contribution < 1.29 is 14.3 Å². The molecule has 0 saturated carbocycles. The predicted molar refractivity (Wildman–Crippen MR) is 79.7 cm³/mol. The molecule has 0 spiro atoms. The number of hydrogen-bond acceptors (Lipinski definition) is 4. The van der Waals surface area contributed by atoms with Crippen molar-refractivity contribution in [3.8, 4) is 0 Å². The Bertz CT molecular complexity index is 320. The molecule has 0 aromatic carbocycles. The van der Waals surface area contributed by atoms with Crippen LogP contribution in [0.4, 0.5) is 0 Å². The summed E-state index contributed by atoms with van der Waals surface area (Å²) in [6, 6.07) is 0. The van der Waals surface area contributed by atoms with Crippen molar-refractivity contribution in [2.75, 3.05) is 39.4 Å². The van der Waals surface area contributed by atoms with Crippen LogP contribution in [0, 0.1) is 5.41 Å². The molecule has 0 atom stereocenters. The topological polar surface area (TPSA) is 84.7 Å². The van der Waals surface area contributed by atoms with Crippen LogP contribution in [0.25, 0.3) is 0 Å². The Kier molecular flexibility index (Phi) is 8.76. The molecule has 1 saturated heterocycles. The molecule has 2 amide bonds. The summed E-state index contributed by atoms with van der Waals surface area (Å²) in [5, 5.41) is 2.71. The fourth-order valence-corrected chi connectivity index (χ4v) is 2.36. The lowest BCUT2D eigenvalue weighted by atomic mass is 9.79. The lowest BCUT2D eigenvalue weighted by Gasteiger charge is -2.38. The first-order chi connectivity index (χ1) is 9.09. The summed E-state index contributed by atoms with van der Waals surface area (Å²) in [5.74, 6) is -0.149. The molecule has 1 heterocycles. The van der Waals surface area contributed by atoms with Gasteiger partial charge in [-0.1, -0.05) is 0 Å². The Hall–Kier alpha value is -0.850. The van der Waals surface area contributed by atoms with Gasteiger partial charge in [0.05, 0.1) is 12.0 Å². The minimum absolute atomic E-state index is 0. The van der Waals surface area contributed by atoms with Gasteiger partial charge in [-0.3, -0.25) is 9.59 Å². The van der Waals surface area contributed by atoms with Gasteiger partial charge in [-0.25, -0.2) is 0 Å². The average Bonchev–Trinajstić information content (AvgIpc) is 2.45. The zero-order chi connectivity index (χ0) is 14.3. The first-order valence-corrected chi connectivity index (χ1v) is 6.93. The maximum atomic E-state index is 12.6. The molecule has 118 valence electrons. The number of hydrogen-bond donors (Lipinski definition) is 2. The third-order valence-corrected chi connectivity index (χ3v) is 3.67. The number of halogens is 1. The number of likely N-dealkylation sites (N-methyl/N-ethyl adjacent to an activating group) is 2. The van der Waals surface area contributed by atoms with Gasteiger partial charge in [0.1, 0.15) is 0 Å². The molecule has 0 aromatic heterocycles. The molecule has 1 rings (SSSR count). The zero-order valence-corrected chi connectivity index (χ0v) is 13.1. The SMILES string of the molecule is CCNC(=O)CN(CC)C(=O)C1(CN)CCOCC1.Cl. The second kappa shape index (κ2) is 9.15. The molecule has 1 aliphatic heterocycles. The van der Waals surface area contributed by atoms with E-state index in [1.807, 2.05) is 13.8 Å². The van der Waals surface area contributed by atoms with Gasteiger partial charge in [0.15, 0.2) is 0 Å². The van der Waals surface area contributed by atoms with E-state index < -0.39 is 5.41 Å². The number of nitrogens with one attached hydrogen (secondary N) is 1. The highest BCUT2D eigenvalue weighted by Gasteiger charge is 2.41. The summed E-state index contributed by atoms with van der Waals surface area (Å²) in [6.45, 7) is 6.34. The summed E-state index contributed by atoms with van der Waals surface area (Å²) < 4.78 is 5.30. The third kappa shape index (κ3) is 4.61. The molecule has 20 heavy (non-hydrogen) atoms. The molecule has 0 radical (unpaired) electrons. The van der Waals surface area contributed by atoms with Gasteiger partial charge in [-0.2, -0.15) is 0 Å². The van der Waals surface area contributed by atoms with Crippen LogP contribution in [0.2, 0.25) is 0 Å². The highest BCUT2D eigenvalue weighted by Crippen LogP contribution is 2.31. The van der Waals surface area contributed by atoms with E-state index >= 15 is 0 Å². The quantitative estimate of drug-likeness (QED) is 0.731. The van der Waals surface area contributed by atoms with Crippen LogP contribution in [0.15, 0.2) is 0 Å². The summed E-state index contributed by atoms with van der Waals surface area (Å²) in [6.07, 6.45) is 1.27. The fourth-order valence-electron chi connectivity index (χ4n) is 2.36. The van der Waals surface area contributed by atoms with E-state index in [1.54, 1.807) is 4.90 Å². The van der Waals surface area contributed by atoms with Crippen molar-refractivity contribution >= 4 is 24.2 Å². The van der Waals surface area contributed by atoms with Crippen molar-refractivity contribution in [3.63, 3.8) is 0 Å². The van der Waals surface area contributed by atoms with Crippen molar-refractivity contribution in [3.05, 3.63) is 0 Å². The van der Waals surface area contributed by atoms with Crippen LogP contribution in [0.3, 0.4) is 0 Å². The van der Waals surface area contributed by atoms with Gasteiger partial charge in [-0.15, -0.1) is 12.4 Å². The van der Waals surface area contributed by atoms with Crippen LogP contribution in [-0.4, -0.2) is 56.1 Å². The normalized spacial score (nSPS) is 16.9.